The fourth-order valence-electron chi connectivity index (χ4n) is 5.05. The molecule has 0 spiro atoms. The van der Waals surface area contributed by atoms with E-state index in [9.17, 15) is 18.0 Å². The van der Waals surface area contributed by atoms with Gasteiger partial charge in [0.15, 0.2) is 21.4 Å². The second-order valence-electron chi connectivity index (χ2n) is 10.1. The zero-order valence-corrected chi connectivity index (χ0v) is 25.0. The van der Waals surface area contributed by atoms with Crippen molar-refractivity contribution in [3.05, 3.63) is 116 Å². The summed E-state index contributed by atoms with van der Waals surface area (Å²) in [7, 11) is -2.60. The van der Waals surface area contributed by atoms with Crippen LogP contribution in [0.5, 0.6) is 5.75 Å². The van der Waals surface area contributed by atoms with Crippen LogP contribution in [-0.2, 0) is 22.9 Å². The molecule has 0 bridgehead atoms. The lowest BCUT2D eigenvalue weighted by Gasteiger charge is -2.23. The van der Waals surface area contributed by atoms with Crippen molar-refractivity contribution in [1.29, 1.82) is 0 Å². The van der Waals surface area contributed by atoms with Crippen LogP contribution in [0.3, 0.4) is 0 Å². The summed E-state index contributed by atoms with van der Waals surface area (Å²) in [4.78, 5) is 27.9. The average Bonchev–Trinajstić information content (AvgIpc) is 2.98. The van der Waals surface area contributed by atoms with Gasteiger partial charge in [-0.3, -0.25) is 13.9 Å². The van der Waals surface area contributed by atoms with E-state index in [1.807, 2.05) is 30.3 Å². The number of nitrogens with one attached hydrogen (secondary N) is 1. The number of aromatic nitrogens is 2. The summed E-state index contributed by atoms with van der Waals surface area (Å²) in [6, 6.07) is 16.6. The number of methoxy groups -OCH3 is 1. The minimum Gasteiger partial charge on any atom is -0.494 e. The Morgan fingerprint density at radius 1 is 0.977 bits per heavy atom. The first-order valence-electron chi connectivity index (χ1n) is 13.6. The fourth-order valence-corrected chi connectivity index (χ4v) is 5.99. The quantitative estimate of drug-likeness (QED) is 0.235. The summed E-state index contributed by atoms with van der Waals surface area (Å²) in [5.74, 6) is -1.77. The lowest BCUT2D eigenvalue weighted by atomic mass is 10.0. The Labute approximate surface area is 248 Å². The highest BCUT2D eigenvalue weighted by Gasteiger charge is 2.26. The number of rotatable bonds is 12. The van der Waals surface area contributed by atoms with Crippen molar-refractivity contribution in [1.82, 2.24) is 14.5 Å². The molecule has 0 saturated heterocycles. The van der Waals surface area contributed by atoms with Crippen LogP contribution in [0.2, 0.25) is 0 Å². The van der Waals surface area contributed by atoms with Gasteiger partial charge in [0.25, 0.3) is 5.56 Å². The van der Waals surface area contributed by atoms with Crippen LogP contribution in [0.4, 0.5) is 8.78 Å². The van der Waals surface area contributed by atoms with Crippen molar-refractivity contribution in [3.8, 4) is 16.9 Å². The van der Waals surface area contributed by atoms with Gasteiger partial charge in [0.1, 0.15) is 5.82 Å². The monoisotopic (exact) mass is 612 g/mol. The summed E-state index contributed by atoms with van der Waals surface area (Å²) < 4.78 is 63.0. The number of nitrogens with two attached hydrogens (primary N) is 1. The maximum absolute atomic E-state index is 15.6. The van der Waals surface area contributed by atoms with E-state index in [2.05, 4.69) is 5.32 Å². The third-order valence-corrected chi connectivity index (χ3v) is 8.45. The van der Waals surface area contributed by atoms with Gasteiger partial charge in [0, 0.05) is 23.1 Å². The Hall–Kier alpha value is -4.13. The molecule has 0 fully saturated rings. The van der Waals surface area contributed by atoms with E-state index in [1.165, 1.54) is 44.4 Å². The van der Waals surface area contributed by atoms with Crippen LogP contribution in [0.15, 0.2) is 81.2 Å². The van der Waals surface area contributed by atoms with Crippen molar-refractivity contribution in [3.63, 3.8) is 0 Å². The fraction of sp³-hybridized carbons (Fsp3) is 0.290. The summed E-state index contributed by atoms with van der Waals surface area (Å²) >= 11 is 0. The Balaban J connectivity index is 2.00. The molecule has 9 nitrogen and oxygen atoms in total. The predicted octanol–water partition coefficient (Wildman–Crippen LogP) is 3.40. The Kier molecular flexibility index (Phi) is 9.95. The zero-order chi connectivity index (χ0) is 31.3. The first kappa shape index (κ1) is 31.8. The molecule has 4 aromatic rings. The molecule has 0 radical (unpaired) electrons. The SMILES string of the molecule is COc1cccc(-c2c(C)n(Cc3c(F)cccc3S(C)(=O)=O)c(=O)n(C[C@H](NCCCN)c3ccccc3)c2=O)c1F. The van der Waals surface area contributed by atoms with E-state index in [1.54, 1.807) is 0 Å². The largest absolute Gasteiger partial charge is 0.494 e. The van der Waals surface area contributed by atoms with Crippen molar-refractivity contribution >= 4 is 9.84 Å². The lowest BCUT2D eigenvalue weighted by molar-refractivity contribution is 0.387. The summed E-state index contributed by atoms with van der Waals surface area (Å²) in [5, 5.41) is 3.33. The van der Waals surface area contributed by atoms with E-state index in [0.717, 1.165) is 27.0 Å². The number of hydrogen-bond acceptors (Lipinski definition) is 7. The Morgan fingerprint density at radius 3 is 2.33 bits per heavy atom. The number of sulfone groups is 1. The molecule has 12 heteroatoms. The van der Waals surface area contributed by atoms with Crippen LogP contribution in [0.25, 0.3) is 11.1 Å². The lowest BCUT2D eigenvalue weighted by Crippen LogP contribution is -2.45. The van der Waals surface area contributed by atoms with Gasteiger partial charge in [-0.1, -0.05) is 48.5 Å². The van der Waals surface area contributed by atoms with Crippen molar-refractivity contribution < 1.29 is 21.9 Å². The minimum absolute atomic E-state index is 0.0356. The van der Waals surface area contributed by atoms with Gasteiger partial charge in [-0.15, -0.1) is 0 Å². The molecule has 0 aliphatic rings. The van der Waals surface area contributed by atoms with Gasteiger partial charge in [-0.05, 0) is 50.2 Å². The average molecular weight is 613 g/mol. The topological polar surface area (TPSA) is 125 Å². The normalized spacial score (nSPS) is 12.3. The number of hydrogen-bond donors (Lipinski definition) is 2. The molecule has 228 valence electrons. The van der Waals surface area contributed by atoms with Crippen molar-refractivity contribution in [2.45, 2.75) is 37.4 Å². The highest BCUT2D eigenvalue weighted by molar-refractivity contribution is 7.90. The molecular formula is C31H34F2N4O5S. The minimum atomic E-state index is -3.89. The third kappa shape index (κ3) is 6.76. The second kappa shape index (κ2) is 13.4. The number of benzene rings is 3. The van der Waals surface area contributed by atoms with Gasteiger partial charge in [0.05, 0.1) is 36.7 Å². The molecule has 0 aliphatic heterocycles. The molecule has 4 rings (SSSR count). The van der Waals surface area contributed by atoms with Crippen LogP contribution >= 0.6 is 0 Å². The molecule has 1 aromatic heterocycles. The number of ether oxygens (including phenoxy) is 1. The molecule has 1 heterocycles. The van der Waals surface area contributed by atoms with Gasteiger partial charge >= 0.3 is 5.69 Å². The van der Waals surface area contributed by atoms with Crippen LogP contribution < -0.4 is 27.0 Å². The van der Waals surface area contributed by atoms with Crippen LogP contribution in [0.1, 0.15) is 29.3 Å². The molecule has 3 aromatic carbocycles. The smallest absolute Gasteiger partial charge is 0.331 e. The van der Waals surface area contributed by atoms with Crippen LogP contribution in [-0.4, -0.2) is 44.0 Å². The third-order valence-electron chi connectivity index (χ3n) is 7.27. The Morgan fingerprint density at radius 2 is 1.67 bits per heavy atom. The van der Waals surface area contributed by atoms with E-state index in [0.29, 0.717) is 19.5 Å². The van der Waals surface area contributed by atoms with Gasteiger partial charge in [-0.2, -0.15) is 0 Å². The van der Waals surface area contributed by atoms with Gasteiger partial charge in [-0.25, -0.2) is 22.0 Å². The molecule has 0 saturated carbocycles. The number of nitrogens with zero attached hydrogens (tertiary/aromatic N) is 2. The second-order valence-corrected chi connectivity index (χ2v) is 12.1. The van der Waals surface area contributed by atoms with Gasteiger partial charge in [0.2, 0.25) is 0 Å². The van der Waals surface area contributed by atoms with E-state index >= 15 is 8.78 Å². The maximum atomic E-state index is 15.6. The molecular weight excluding hydrogens is 578 g/mol. The summed E-state index contributed by atoms with van der Waals surface area (Å²) in [6.45, 7) is 1.69. The van der Waals surface area contributed by atoms with Crippen molar-refractivity contribution in [2.24, 2.45) is 5.73 Å². The van der Waals surface area contributed by atoms with Gasteiger partial charge < -0.3 is 15.8 Å². The van der Waals surface area contributed by atoms with Crippen molar-refractivity contribution in [2.75, 3.05) is 26.5 Å². The van der Waals surface area contributed by atoms with E-state index in [-0.39, 0.29) is 39.6 Å². The zero-order valence-electron chi connectivity index (χ0n) is 24.1. The first-order valence-corrected chi connectivity index (χ1v) is 15.5. The Bertz CT molecular complexity index is 1840. The molecule has 0 unspecified atom stereocenters. The summed E-state index contributed by atoms with van der Waals surface area (Å²) in [5.41, 5.74) is 4.43. The molecule has 1 atom stereocenters. The number of halogens is 2. The standard InChI is InChI=1S/C31H34F2N4O5S/c1-20-28(22-12-7-14-26(42-2)29(22)33)30(38)37(19-25(35-17-9-16-34)21-10-5-4-6-11-21)31(39)36(20)18-23-24(32)13-8-15-27(23)43(3,40)41/h4-8,10-15,25,35H,9,16-19,34H2,1-3H3/t25-/m0/s1. The highest BCUT2D eigenvalue weighted by atomic mass is 32.2. The highest BCUT2D eigenvalue weighted by Crippen LogP contribution is 2.29. The molecule has 0 aliphatic carbocycles. The molecule has 43 heavy (non-hydrogen) atoms. The van der Waals surface area contributed by atoms with E-state index < -0.39 is 45.3 Å². The first-order chi connectivity index (χ1) is 20.5. The molecule has 3 N–H and O–H groups in total. The molecule has 0 amide bonds. The predicted molar refractivity (Wildman–Crippen MR) is 161 cm³/mol. The maximum Gasteiger partial charge on any atom is 0.331 e. The van der Waals surface area contributed by atoms with E-state index in [4.69, 9.17) is 10.5 Å². The summed E-state index contributed by atoms with van der Waals surface area (Å²) in [6.07, 6.45) is 1.58. The van der Waals surface area contributed by atoms with Crippen LogP contribution in [0, 0.1) is 18.6 Å².